The number of aromatic nitrogens is 6. The lowest BCUT2D eigenvalue weighted by Gasteiger charge is -2.31. The van der Waals surface area contributed by atoms with Crippen LogP contribution in [0.4, 0.5) is 0 Å². The highest BCUT2D eigenvalue weighted by atomic mass is 16.2. The van der Waals surface area contributed by atoms with Crippen LogP contribution in [0.5, 0.6) is 0 Å². The van der Waals surface area contributed by atoms with E-state index in [4.69, 9.17) is 5.26 Å². The van der Waals surface area contributed by atoms with Gasteiger partial charge in [0.25, 0.3) is 0 Å². The van der Waals surface area contributed by atoms with Crippen LogP contribution in [0.3, 0.4) is 0 Å². The second-order valence-corrected chi connectivity index (χ2v) is 5.63. The molecule has 23 heavy (non-hydrogen) atoms. The number of amides is 1. The number of likely N-dealkylation sites (tertiary alicyclic amines) is 1. The van der Waals surface area contributed by atoms with Crippen molar-refractivity contribution in [3.63, 3.8) is 0 Å². The van der Waals surface area contributed by atoms with Crippen molar-refractivity contribution >= 4 is 22.7 Å². The van der Waals surface area contributed by atoms with E-state index in [-0.39, 0.29) is 18.2 Å². The highest BCUT2D eigenvalue weighted by molar-refractivity contribution is 5.78. The molecule has 3 aromatic heterocycles. The average Bonchev–Trinajstić information content (AvgIpc) is 3.21. The van der Waals surface area contributed by atoms with Gasteiger partial charge in [0.05, 0.1) is 18.5 Å². The molecule has 0 radical (unpaired) electrons. The predicted molar refractivity (Wildman–Crippen MR) is 79.2 cm³/mol. The standard InChI is InChI=1S/C14H14N8O/c15-4-3-12(23)21-5-1-2-9(8-21)14-16-7-11-18-20-13-10(22(11)14)6-17-19-13/h6-7,9H,1-3,5,8H2,(H,17,19). The van der Waals surface area contributed by atoms with Crippen LogP contribution < -0.4 is 0 Å². The van der Waals surface area contributed by atoms with Crippen molar-refractivity contribution in [3.05, 3.63) is 18.2 Å². The van der Waals surface area contributed by atoms with E-state index in [1.807, 2.05) is 10.5 Å². The Bertz CT molecular complexity index is 920. The number of fused-ring (bicyclic) bond motifs is 3. The lowest BCUT2D eigenvalue weighted by atomic mass is 9.97. The molecule has 1 fully saturated rings. The van der Waals surface area contributed by atoms with Gasteiger partial charge >= 0.3 is 0 Å². The lowest BCUT2D eigenvalue weighted by molar-refractivity contribution is -0.131. The van der Waals surface area contributed by atoms with Crippen LogP contribution in [0.1, 0.15) is 31.0 Å². The average molecular weight is 310 g/mol. The molecule has 1 unspecified atom stereocenters. The van der Waals surface area contributed by atoms with Gasteiger partial charge in [0, 0.05) is 19.0 Å². The first-order chi connectivity index (χ1) is 11.3. The summed E-state index contributed by atoms with van der Waals surface area (Å²) in [5.74, 6) is 0.846. The second-order valence-electron chi connectivity index (χ2n) is 5.63. The summed E-state index contributed by atoms with van der Waals surface area (Å²) < 4.78 is 1.94. The summed E-state index contributed by atoms with van der Waals surface area (Å²) in [6.07, 6.45) is 5.14. The van der Waals surface area contributed by atoms with Crippen molar-refractivity contribution < 1.29 is 4.79 Å². The van der Waals surface area contributed by atoms with Gasteiger partial charge in [-0.25, -0.2) is 4.98 Å². The molecule has 9 nitrogen and oxygen atoms in total. The first kappa shape index (κ1) is 13.6. The van der Waals surface area contributed by atoms with Gasteiger partial charge < -0.3 is 4.90 Å². The molecule has 0 spiro atoms. The van der Waals surface area contributed by atoms with Crippen molar-refractivity contribution in [2.45, 2.75) is 25.2 Å². The van der Waals surface area contributed by atoms with Gasteiger partial charge in [0.2, 0.25) is 5.91 Å². The third kappa shape index (κ3) is 2.19. The third-order valence-corrected chi connectivity index (χ3v) is 4.23. The summed E-state index contributed by atoms with van der Waals surface area (Å²) in [6.45, 7) is 1.27. The minimum atomic E-state index is -0.119. The Morgan fingerprint density at radius 2 is 2.35 bits per heavy atom. The molecular weight excluding hydrogens is 296 g/mol. The summed E-state index contributed by atoms with van der Waals surface area (Å²) in [5, 5.41) is 23.7. The van der Waals surface area contributed by atoms with E-state index in [0.717, 1.165) is 24.2 Å². The molecule has 1 N–H and O–H groups in total. The largest absolute Gasteiger partial charge is 0.341 e. The topological polar surface area (TPSA) is 116 Å². The van der Waals surface area contributed by atoms with Crippen molar-refractivity contribution in [3.8, 4) is 6.07 Å². The van der Waals surface area contributed by atoms with Gasteiger partial charge in [-0.15, -0.1) is 10.2 Å². The normalized spacial score (nSPS) is 18.4. The second kappa shape index (κ2) is 5.31. The van der Waals surface area contributed by atoms with Crippen molar-refractivity contribution in [1.82, 2.24) is 34.7 Å². The molecule has 0 aliphatic carbocycles. The fourth-order valence-corrected chi connectivity index (χ4v) is 3.17. The molecule has 0 bridgehead atoms. The predicted octanol–water partition coefficient (Wildman–Crippen LogP) is 0.620. The van der Waals surface area contributed by atoms with Gasteiger partial charge in [-0.05, 0) is 12.8 Å². The van der Waals surface area contributed by atoms with Gasteiger partial charge in [0.1, 0.15) is 17.8 Å². The summed E-state index contributed by atoms with van der Waals surface area (Å²) in [4.78, 5) is 18.2. The number of carbonyl (C=O) groups is 1. The van der Waals surface area contributed by atoms with Crippen LogP contribution in [0.15, 0.2) is 12.4 Å². The first-order valence-electron chi connectivity index (χ1n) is 7.46. The van der Waals surface area contributed by atoms with Gasteiger partial charge in [-0.3, -0.25) is 14.3 Å². The maximum Gasteiger partial charge on any atom is 0.236 e. The summed E-state index contributed by atoms with van der Waals surface area (Å²) in [7, 11) is 0. The molecule has 4 rings (SSSR count). The van der Waals surface area contributed by atoms with Crippen LogP contribution in [0.25, 0.3) is 16.8 Å². The van der Waals surface area contributed by atoms with Gasteiger partial charge in [-0.2, -0.15) is 10.4 Å². The smallest absolute Gasteiger partial charge is 0.236 e. The molecule has 1 amide bonds. The number of nitrogens with zero attached hydrogens (tertiary/aromatic N) is 7. The molecule has 1 aliphatic rings. The maximum absolute atomic E-state index is 12.0. The van der Waals surface area contributed by atoms with Crippen molar-refractivity contribution in [1.29, 1.82) is 5.26 Å². The maximum atomic E-state index is 12.0. The van der Waals surface area contributed by atoms with Crippen LogP contribution in [0.2, 0.25) is 0 Å². The Kier molecular flexibility index (Phi) is 3.15. The molecule has 116 valence electrons. The SMILES string of the molecule is N#CCC(=O)N1CCCC(c2ncc3nnc4[nH]ncc4n23)C1. The zero-order chi connectivity index (χ0) is 15.8. The highest BCUT2D eigenvalue weighted by Crippen LogP contribution is 2.28. The number of hydrogen-bond acceptors (Lipinski definition) is 6. The molecule has 1 atom stereocenters. The number of rotatable bonds is 2. The minimum absolute atomic E-state index is 0.0769. The quantitative estimate of drug-likeness (QED) is 0.741. The lowest BCUT2D eigenvalue weighted by Crippen LogP contribution is -2.39. The van der Waals surface area contributed by atoms with E-state index < -0.39 is 0 Å². The monoisotopic (exact) mass is 310 g/mol. The Labute approximate surface area is 130 Å². The molecule has 1 saturated heterocycles. The van der Waals surface area contributed by atoms with E-state index in [0.29, 0.717) is 24.4 Å². The van der Waals surface area contributed by atoms with Crippen molar-refractivity contribution in [2.24, 2.45) is 0 Å². The number of nitriles is 1. The molecule has 3 aromatic rings. The van der Waals surface area contributed by atoms with Crippen LogP contribution in [-0.4, -0.2) is 53.7 Å². The molecule has 9 heteroatoms. The van der Waals surface area contributed by atoms with Crippen LogP contribution >= 0.6 is 0 Å². The van der Waals surface area contributed by atoms with Gasteiger partial charge in [-0.1, -0.05) is 0 Å². The Morgan fingerprint density at radius 3 is 3.22 bits per heavy atom. The number of imidazole rings is 1. The first-order valence-corrected chi connectivity index (χ1v) is 7.46. The third-order valence-electron chi connectivity index (χ3n) is 4.23. The van der Waals surface area contributed by atoms with E-state index in [2.05, 4.69) is 25.4 Å². The molecule has 0 saturated carbocycles. The van der Waals surface area contributed by atoms with Crippen LogP contribution in [0, 0.1) is 11.3 Å². The number of H-pyrrole nitrogens is 1. The van der Waals surface area contributed by atoms with E-state index in [1.54, 1.807) is 17.3 Å². The molecule has 1 aliphatic heterocycles. The van der Waals surface area contributed by atoms with E-state index in [1.165, 1.54) is 0 Å². The zero-order valence-corrected chi connectivity index (χ0v) is 12.3. The number of carbonyl (C=O) groups excluding carboxylic acids is 1. The number of aromatic amines is 1. The number of hydrogen-bond donors (Lipinski definition) is 1. The number of nitrogens with one attached hydrogen (secondary N) is 1. The fourth-order valence-electron chi connectivity index (χ4n) is 3.17. The van der Waals surface area contributed by atoms with E-state index in [9.17, 15) is 4.79 Å². The number of piperidine rings is 1. The summed E-state index contributed by atoms with van der Waals surface area (Å²) >= 11 is 0. The minimum Gasteiger partial charge on any atom is -0.341 e. The Balaban J connectivity index is 1.72. The molecule has 0 aromatic carbocycles. The van der Waals surface area contributed by atoms with E-state index >= 15 is 0 Å². The summed E-state index contributed by atoms with van der Waals surface area (Å²) in [6, 6.07) is 1.92. The molecule has 4 heterocycles. The summed E-state index contributed by atoms with van der Waals surface area (Å²) in [5.41, 5.74) is 2.09. The fraction of sp³-hybridized carbons (Fsp3) is 0.429. The Hall–Kier alpha value is -3.02. The van der Waals surface area contributed by atoms with Crippen molar-refractivity contribution in [2.75, 3.05) is 13.1 Å². The Morgan fingerprint density at radius 1 is 1.43 bits per heavy atom. The van der Waals surface area contributed by atoms with Gasteiger partial charge in [0.15, 0.2) is 11.3 Å². The highest BCUT2D eigenvalue weighted by Gasteiger charge is 2.28. The van der Waals surface area contributed by atoms with Crippen LogP contribution in [-0.2, 0) is 4.79 Å². The zero-order valence-electron chi connectivity index (χ0n) is 12.3. The molecular formula is C14H14N8O.